The number of piperazine rings is 1. The number of rotatable bonds is 4. The Kier molecular flexibility index (Phi) is 4.80. The van der Waals surface area contributed by atoms with Gasteiger partial charge in [0.1, 0.15) is 11.6 Å². The van der Waals surface area contributed by atoms with Gasteiger partial charge in [-0.15, -0.1) is 0 Å². The average molecular weight is 332 g/mol. The van der Waals surface area contributed by atoms with E-state index in [0.29, 0.717) is 43.4 Å². The van der Waals surface area contributed by atoms with Crippen LogP contribution in [-0.4, -0.2) is 48.2 Å². The highest BCUT2D eigenvalue weighted by molar-refractivity contribution is 5.93. The topological polar surface area (TPSA) is 61.6 Å². The van der Waals surface area contributed by atoms with Crippen molar-refractivity contribution in [1.82, 2.24) is 10.1 Å². The zero-order chi connectivity index (χ0) is 17.1. The maximum atomic E-state index is 13.9. The Morgan fingerprint density at radius 2 is 2.00 bits per heavy atom. The Morgan fingerprint density at radius 3 is 2.62 bits per heavy atom. The molecular formula is C17H21FN4O2. The third-order valence-electron chi connectivity index (χ3n) is 4.31. The number of para-hydroxylation sites is 1. The van der Waals surface area contributed by atoms with E-state index in [1.807, 2.05) is 17.9 Å². The van der Waals surface area contributed by atoms with Gasteiger partial charge < -0.3 is 14.7 Å². The van der Waals surface area contributed by atoms with Gasteiger partial charge in [-0.1, -0.05) is 17.3 Å². The summed E-state index contributed by atoms with van der Waals surface area (Å²) in [5.74, 6) is 0.742. The number of amides is 1. The number of carbonyl (C=O) groups excluding carboxylic acids is 1. The van der Waals surface area contributed by atoms with E-state index >= 15 is 0 Å². The van der Waals surface area contributed by atoms with Crippen LogP contribution in [0.1, 0.15) is 12.7 Å². The molecule has 7 heteroatoms. The Balaban J connectivity index is 1.56. The minimum atomic E-state index is -0.287. The summed E-state index contributed by atoms with van der Waals surface area (Å²) in [6, 6.07) is 8.17. The molecular weight excluding hydrogens is 311 g/mol. The molecule has 1 aliphatic rings. The molecule has 0 saturated carbocycles. The predicted octanol–water partition coefficient (Wildman–Crippen LogP) is 2.27. The standard InChI is InChI=1S/C17H21FN4O2/c1-12-11-16(20-24-12)19-17(23)13(2)21-7-9-22(10-8-21)15-6-4-3-5-14(15)18/h3-6,11,13H,7-10H2,1-2H3,(H,19,20,23)/t13-/m0/s1. The molecule has 0 aliphatic carbocycles. The largest absolute Gasteiger partial charge is 0.367 e. The number of aromatic nitrogens is 1. The molecule has 6 nitrogen and oxygen atoms in total. The second-order valence-corrected chi connectivity index (χ2v) is 5.96. The molecule has 2 aromatic rings. The zero-order valence-electron chi connectivity index (χ0n) is 13.8. The van der Waals surface area contributed by atoms with Crippen LogP contribution in [0.5, 0.6) is 0 Å². The van der Waals surface area contributed by atoms with Crippen molar-refractivity contribution >= 4 is 17.4 Å². The highest BCUT2D eigenvalue weighted by atomic mass is 19.1. The van der Waals surface area contributed by atoms with Crippen LogP contribution in [-0.2, 0) is 4.79 Å². The van der Waals surface area contributed by atoms with Crippen molar-refractivity contribution in [1.29, 1.82) is 0 Å². The predicted molar refractivity (Wildman–Crippen MR) is 89.5 cm³/mol. The van der Waals surface area contributed by atoms with Crippen LogP contribution in [0.2, 0.25) is 0 Å². The summed E-state index contributed by atoms with van der Waals surface area (Å²) in [6.45, 7) is 6.39. The second kappa shape index (κ2) is 7.00. The number of anilines is 2. The fraction of sp³-hybridized carbons (Fsp3) is 0.412. The van der Waals surface area contributed by atoms with Crippen LogP contribution in [0.25, 0.3) is 0 Å². The quantitative estimate of drug-likeness (QED) is 0.931. The van der Waals surface area contributed by atoms with Gasteiger partial charge in [0.2, 0.25) is 5.91 Å². The number of hydrogen-bond acceptors (Lipinski definition) is 5. The highest BCUT2D eigenvalue weighted by Crippen LogP contribution is 2.21. The van der Waals surface area contributed by atoms with Crippen molar-refractivity contribution in [3.63, 3.8) is 0 Å². The Bertz CT molecular complexity index is 710. The van der Waals surface area contributed by atoms with Crippen LogP contribution in [0.15, 0.2) is 34.9 Å². The van der Waals surface area contributed by atoms with Crippen LogP contribution in [0.3, 0.4) is 0 Å². The monoisotopic (exact) mass is 332 g/mol. The lowest BCUT2D eigenvalue weighted by Gasteiger charge is -2.38. The van der Waals surface area contributed by atoms with Crippen LogP contribution < -0.4 is 10.2 Å². The molecule has 2 heterocycles. The molecule has 1 aromatic heterocycles. The van der Waals surface area contributed by atoms with E-state index in [1.165, 1.54) is 6.07 Å². The van der Waals surface area contributed by atoms with Gasteiger partial charge in [0.05, 0.1) is 11.7 Å². The van der Waals surface area contributed by atoms with Crippen molar-refractivity contribution < 1.29 is 13.7 Å². The Labute approximate surface area is 140 Å². The molecule has 0 radical (unpaired) electrons. The number of benzene rings is 1. The second-order valence-electron chi connectivity index (χ2n) is 5.96. The maximum absolute atomic E-state index is 13.9. The van der Waals surface area contributed by atoms with E-state index in [4.69, 9.17) is 4.52 Å². The molecule has 1 atom stereocenters. The van der Waals surface area contributed by atoms with Crippen molar-refractivity contribution in [3.8, 4) is 0 Å². The number of carbonyl (C=O) groups is 1. The molecule has 24 heavy (non-hydrogen) atoms. The number of nitrogens with one attached hydrogen (secondary N) is 1. The summed E-state index contributed by atoms with van der Waals surface area (Å²) in [5, 5.41) is 6.52. The van der Waals surface area contributed by atoms with E-state index in [9.17, 15) is 9.18 Å². The van der Waals surface area contributed by atoms with Gasteiger partial charge in [0.15, 0.2) is 5.82 Å². The summed E-state index contributed by atoms with van der Waals surface area (Å²) in [5.41, 5.74) is 0.618. The molecule has 3 rings (SSSR count). The van der Waals surface area contributed by atoms with Crippen LogP contribution in [0, 0.1) is 12.7 Å². The van der Waals surface area contributed by atoms with Gasteiger partial charge in [-0.3, -0.25) is 9.69 Å². The third kappa shape index (κ3) is 3.56. The molecule has 1 fully saturated rings. The minimum Gasteiger partial charge on any atom is -0.367 e. The first kappa shape index (κ1) is 16.4. The van der Waals surface area contributed by atoms with Crippen molar-refractivity contribution in [3.05, 3.63) is 41.9 Å². The number of nitrogens with zero attached hydrogens (tertiary/aromatic N) is 3. The average Bonchev–Trinajstić information content (AvgIpc) is 2.99. The van der Waals surface area contributed by atoms with E-state index in [-0.39, 0.29) is 17.8 Å². The normalized spacial score (nSPS) is 16.9. The van der Waals surface area contributed by atoms with Gasteiger partial charge in [-0.2, -0.15) is 0 Å². The van der Waals surface area contributed by atoms with Gasteiger partial charge >= 0.3 is 0 Å². The Hall–Kier alpha value is -2.41. The fourth-order valence-electron chi connectivity index (χ4n) is 2.88. The maximum Gasteiger partial charge on any atom is 0.242 e. The third-order valence-corrected chi connectivity index (χ3v) is 4.31. The SMILES string of the molecule is Cc1cc(NC(=O)[C@H](C)N2CCN(c3ccccc3F)CC2)no1. The lowest BCUT2D eigenvalue weighted by molar-refractivity contribution is -0.120. The summed E-state index contributed by atoms with van der Waals surface area (Å²) < 4.78 is 18.8. The van der Waals surface area contributed by atoms with E-state index < -0.39 is 0 Å². The molecule has 1 N–H and O–H groups in total. The molecule has 0 spiro atoms. The smallest absolute Gasteiger partial charge is 0.242 e. The highest BCUT2D eigenvalue weighted by Gasteiger charge is 2.26. The molecule has 1 saturated heterocycles. The molecule has 0 bridgehead atoms. The van der Waals surface area contributed by atoms with Crippen molar-refractivity contribution in [2.24, 2.45) is 0 Å². The molecule has 128 valence electrons. The van der Waals surface area contributed by atoms with Crippen molar-refractivity contribution in [2.45, 2.75) is 19.9 Å². The van der Waals surface area contributed by atoms with Gasteiger partial charge in [-0.25, -0.2) is 4.39 Å². The number of halogens is 1. The number of hydrogen-bond donors (Lipinski definition) is 1. The lowest BCUT2D eigenvalue weighted by Crippen LogP contribution is -2.53. The molecule has 1 aromatic carbocycles. The number of aryl methyl sites for hydroxylation is 1. The van der Waals surface area contributed by atoms with Gasteiger partial charge in [0, 0.05) is 32.2 Å². The molecule has 0 unspecified atom stereocenters. The summed E-state index contributed by atoms with van der Waals surface area (Å²) in [4.78, 5) is 16.4. The zero-order valence-corrected chi connectivity index (χ0v) is 13.8. The van der Waals surface area contributed by atoms with E-state index in [2.05, 4.69) is 15.4 Å². The van der Waals surface area contributed by atoms with Crippen LogP contribution >= 0.6 is 0 Å². The van der Waals surface area contributed by atoms with E-state index in [1.54, 1.807) is 25.1 Å². The summed E-state index contributed by atoms with van der Waals surface area (Å²) in [6.07, 6.45) is 0. The summed E-state index contributed by atoms with van der Waals surface area (Å²) >= 11 is 0. The first-order chi connectivity index (χ1) is 11.5. The first-order valence-electron chi connectivity index (χ1n) is 8.02. The fourth-order valence-corrected chi connectivity index (χ4v) is 2.88. The van der Waals surface area contributed by atoms with Gasteiger partial charge in [-0.05, 0) is 26.0 Å². The van der Waals surface area contributed by atoms with Gasteiger partial charge in [0.25, 0.3) is 0 Å². The van der Waals surface area contributed by atoms with Crippen molar-refractivity contribution in [2.75, 3.05) is 36.4 Å². The summed E-state index contributed by atoms with van der Waals surface area (Å²) in [7, 11) is 0. The first-order valence-corrected chi connectivity index (χ1v) is 8.02. The molecule has 1 amide bonds. The minimum absolute atomic E-state index is 0.123. The van der Waals surface area contributed by atoms with E-state index in [0.717, 1.165) is 0 Å². The van der Waals surface area contributed by atoms with Crippen LogP contribution in [0.4, 0.5) is 15.9 Å². The lowest BCUT2D eigenvalue weighted by atomic mass is 10.2. The Morgan fingerprint density at radius 1 is 1.29 bits per heavy atom. The molecule has 1 aliphatic heterocycles.